The number of rotatable bonds is 6. The summed E-state index contributed by atoms with van der Waals surface area (Å²) in [7, 11) is 4.13. The highest BCUT2D eigenvalue weighted by molar-refractivity contribution is 6.09. The predicted octanol–water partition coefficient (Wildman–Crippen LogP) is 2.75. The van der Waals surface area contributed by atoms with Crippen LogP contribution in [-0.2, 0) is 21.4 Å². The summed E-state index contributed by atoms with van der Waals surface area (Å²) in [5, 5.41) is 0. The van der Waals surface area contributed by atoms with Gasteiger partial charge in [-0.15, -0.1) is 0 Å². The van der Waals surface area contributed by atoms with Crippen LogP contribution in [0.2, 0.25) is 0 Å². The van der Waals surface area contributed by atoms with Gasteiger partial charge in [0.05, 0.1) is 5.41 Å². The summed E-state index contributed by atoms with van der Waals surface area (Å²) in [4.78, 5) is 29.4. The molecule has 0 radical (unpaired) electrons. The second-order valence-electron chi connectivity index (χ2n) is 7.48. The molecule has 0 saturated carbocycles. The van der Waals surface area contributed by atoms with Crippen molar-refractivity contribution in [3.05, 3.63) is 35.4 Å². The molecule has 4 nitrogen and oxygen atoms in total. The number of fused-ring (bicyclic) bond motifs is 2. The Balaban J connectivity index is 1.69. The van der Waals surface area contributed by atoms with Gasteiger partial charge in [0.2, 0.25) is 11.8 Å². The van der Waals surface area contributed by atoms with Gasteiger partial charge in [-0.3, -0.25) is 14.5 Å². The Kier molecular flexibility index (Phi) is 5.04. The van der Waals surface area contributed by atoms with Gasteiger partial charge in [-0.1, -0.05) is 30.7 Å². The first-order valence-corrected chi connectivity index (χ1v) is 9.12. The summed E-state index contributed by atoms with van der Waals surface area (Å²) in [5.74, 6) is 0.0663. The van der Waals surface area contributed by atoms with Crippen molar-refractivity contribution in [3.8, 4) is 0 Å². The van der Waals surface area contributed by atoms with E-state index in [4.69, 9.17) is 0 Å². The van der Waals surface area contributed by atoms with Gasteiger partial charge in [0, 0.05) is 13.0 Å². The molecule has 0 bridgehead atoms. The molecule has 0 N–H and O–H groups in total. The number of likely N-dealkylation sites (tertiary alicyclic amines) is 1. The minimum Gasteiger partial charge on any atom is -0.309 e. The average Bonchev–Trinajstić information content (AvgIpc) is 2.79. The fourth-order valence-electron chi connectivity index (χ4n) is 4.23. The van der Waals surface area contributed by atoms with Gasteiger partial charge < -0.3 is 4.90 Å². The molecule has 1 atom stereocenters. The second-order valence-corrected chi connectivity index (χ2v) is 7.48. The predicted molar refractivity (Wildman–Crippen MR) is 94.8 cm³/mol. The summed E-state index contributed by atoms with van der Waals surface area (Å²) in [6.45, 7) is 1.63. The van der Waals surface area contributed by atoms with Crippen LogP contribution >= 0.6 is 0 Å². The van der Waals surface area contributed by atoms with E-state index in [-0.39, 0.29) is 11.8 Å². The third kappa shape index (κ3) is 3.12. The minimum absolute atomic E-state index is 0.0179. The number of carbonyl (C=O) groups excluding carboxylic acids is 2. The Labute approximate surface area is 144 Å². The van der Waals surface area contributed by atoms with E-state index in [0.29, 0.717) is 13.0 Å². The molecule has 3 rings (SSSR count). The SMILES string of the molecule is CN(C)CCCCCN1C(=O)CC2(CCCc3ccccc32)C1=O. The first-order valence-electron chi connectivity index (χ1n) is 9.12. The standard InChI is InChI=1S/C20H28N2O2/c1-21(2)13-6-3-7-14-22-18(23)15-20(19(22)24)12-8-10-16-9-4-5-11-17(16)20/h4-5,9,11H,3,6-8,10,12-15H2,1-2H3. The zero-order valence-corrected chi connectivity index (χ0v) is 14.9. The van der Waals surface area contributed by atoms with Crippen LogP contribution in [0.3, 0.4) is 0 Å². The molecule has 4 heteroatoms. The molecule has 2 aliphatic rings. The van der Waals surface area contributed by atoms with Gasteiger partial charge in [-0.25, -0.2) is 0 Å². The van der Waals surface area contributed by atoms with Crippen molar-refractivity contribution < 1.29 is 9.59 Å². The van der Waals surface area contributed by atoms with Crippen LogP contribution in [0.15, 0.2) is 24.3 Å². The van der Waals surface area contributed by atoms with Gasteiger partial charge in [-0.2, -0.15) is 0 Å². The number of amides is 2. The largest absolute Gasteiger partial charge is 0.309 e. The quantitative estimate of drug-likeness (QED) is 0.595. The molecule has 24 heavy (non-hydrogen) atoms. The maximum absolute atomic E-state index is 13.1. The summed E-state index contributed by atoms with van der Waals surface area (Å²) in [6.07, 6.45) is 6.25. The number of benzene rings is 1. The lowest BCUT2D eigenvalue weighted by Crippen LogP contribution is -2.41. The van der Waals surface area contributed by atoms with Crippen molar-refractivity contribution >= 4 is 11.8 Å². The smallest absolute Gasteiger partial charge is 0.240 e. The summed E-state index contributed by atoms with van der Waals surface area (Å²) < 4.78 is 0. The lowest BCUT2D eigenvalue weighted by molar-refractivity contribution is -0.140. The Bertz CT molecular complexity index is 626. The van der Waals surface area contributed by atoms with Crippen molar-refractivity contribution in [2.45, 2.75) is 50.4 Å². The molecular formula is C20H28N2O2. The molecule has 1 aromatic rings. The monoisotopic (exact) mass is 328 g/mol. The summed E-state index contributed by atoms with van der Waals surface area (Å²) in [5.41, 5.74) is 1.78. The normalized spacial score (nSPS) is 23.4. The first-order chi connectivity index (χ1) is 11.5. The van der Waals surface area contributed by atoms with E-state index in [1.54, 1.807) is 0 Å². The van der Waals surface area contributed by atoms with E-state index in [9.17, 15) is 9.59 Å². The van der Waals surface area contributed by atoms with E-state index in [1.807, 2.05) is 12.1 Å². The van der Waals surface area contributed by atoms with Crippen LogP contribution in [0.1, 0.15) is 49.7 Å². The highest BCUT2D eigenvalue weighted by Crippen LogP contribution is 2.45. The maximum atomic E-state index is 13.1. The Morgan fingerprint density at radius 2 is 1.92 bits per heavy atom. The second kappa shape index (κ2) is 7.06. The highest BCUT2D eigenvalue weighted by Gasteiger charge is 2.53. The molecule has 1 heterocycles. The van der Waals surface area contributed by atoms with Crippen LogP contribution in [0.25, 0.3) is 0 Å². The minimum atomic E-state index is -0.574. The summed E-state index contributed by atoms with van der Waals surface area (Å²) in [6, 6.07) is 8.19. The lowest BCUT2D eigenvalue weighted by Gasteiger charge is -2.33. The van der Waals surface area contributed by atoms with Crippen molar-refractivity contribution in [2.75, 3.05) is 27.2 Å². The van der Waals surface area contributed by atoms with Crippen LogP contribution in [-0.4, -0.2) is 48.8 Å². The molecule has 1 unspecified atom stereocenters. The van der Waals surface area contributed by atoms with Crippen LogP contribution in [0.5, 0.6) is 0 Å². The van der Waals surface area contributed by atoms with E-state index >= 15 is 0 Å². The number of hydrogen-bond donors (Lipinski definition) is 0. The third-order valence-electron chi connectivity index (χ3n) is 5.48. The number of imide groups is 1. The molecule has 2 amide bonds. The molecule has 1 aliphatic heterocycles. The van der Waals surface area contributed by atoms with Crippen molar-refractivity contribution in [1.82, 2.24) is 9.80 Å². The molecule has 130 valence electrons. The third-order valence-corrected chi connectivity index (χ3v) is 5.48. The molecular weight excluding hydrogens is 300 g/mol. The van der Waals surface area contributed by atoms with Crippen LogP contribution < -0.4 is 0 Å². The zero-order valence-electron chi connectivity index (χ0n) is 14.9. The Morgan fingerprint density at radius 1 is 1.12 bits per heavy atom. The van der Waals surface area contributed by atoms with Gasteiger partial charge in [0.1, 0.15) is 0 Å². The van der Waals surface area contributed by atoms with Crippen molar-refractivity contribution in [1.29, 1.82) is 0 Å². The fourth-order valence-corrected chi connectivity index (χ4v) is 4.23. The molecule has 1 spiro atoms. The van der Waals surface area contributed by atoms with E-state index in [0.717, 1.165) is 50.6 Å². The van der Waals surface area contributed by atoms with Crippen molar-refractivity contribution in [3.63, 3.8) is 0 Å². The first kappa shape index (κ1) is 17.2. The topological polar surface area (TPSA) is 40.6 Å². The fraction of sp³-hybridized carbons (Fsp3) is 0.600. The highest BCUT2D eigenvalue weighted by atomic mass is 16.2. The molecule has 1 aliphatic carbocycles. The number of unbranched alkanes of at least 4 members (excludes halogenated alkanes) is 2. The number of nitrogens with zero attached hydrogens (tertiary/aromatic N) is 2. The lowest BCUT2D eigenvalue weighted by atomic mass is 9.69. The molecule has 1 aromatic carbocycles. The van der Waals surface area contributed by atoms with Crippen LogP contribution in [0.4, 0.5) is 0 Å². The van der Waals surface area contributed by atoms with Crippen LogP contribution in [0, 0.1) is 0 Å². The van der Waals surface area contributed by atoms with Crippen molar-refractivity contribution in [2.24, 2.45) is 0 Å². The van der Waals surface area contributed by atoms with E-state index in [2.05, 4.69) is 31.1 Å². The Morgan fingerprint density at radius 3 is 2.71 bits per heavy atom. The summed E-state index contributed by atoms with van der Waals surface area (Å²) >= 11 is 0. The van der Waals surface area contributed by atoms with E-state index in [1.165, 1.54) is 10.5 Å². The van der Waals surface area contributed by atoms with Gasteiger partial charge >= 0.3 is 0 Å². The van der Waals surface area contributed by atoms with Gasteiger partial charge in [-0.05, 0) is 63.9 Å². The van der Waals surface area contributed by atoms with Gasteiger partial charge in [0.15, 0.2) is 0 Å². The average molecular weight is 328 g/mol. The zero-order chi connectivity index (χ0) is 17.2. The maximum Gasteiger partial charge on any atom is 0.240 e. The molecule has 0 aromatic heterocycles. The molecule has 1 saturated heterocycles. The number of aryl methyl sites for hydroxylation is 1. The van der Waals surface area contributed by atoms with Gasteiger partial charge in [0.25, 0.3) is 0 Å². The molecule has 1 fully saturated rings. The number of carbonyl (C=O) groups is 2. The number of hydrogen-bond acceptors (Lipinski definition) is 3. The Hall–Kier alpha value is -1.68. The van der Waals surface area contributed by atoms with E-state index < -0.39 is 5.41 Å².